The Morgan fingerprint density at radius 1 is 1.09 bits per heavy atom. The molecule has 3 aliphatic heterocycles. The number of carbonyl (C=O) groups excluding carboxylic acids is 1. The molecule has 2 fully saturated rings. The van der Waals surface area contributed by atoms with Crippen molar-refractivity contribution in [1.29, 1.82) is 0 Å². The lowest BCUT2D eigenvalue weighted by molar-refractivity contribution is -0.127. The van der Waals surface area contributed by atoms with Crippen molar-refractivity contribution in [3.63, 3.8) is 0 Å². The molecule has 0 atom stereocenters. The number of amides is 1. The zero-order valence-electron chi connectivity index (χ0n) is 19.3. The fraction of sp³-hybridized carbons (Fsp3) is 0.542. The molecule has 0 saturated carbocycles. The van der Waals surface area contributed by atoms with Gasteiger partial charge in [-0.3, -0.25) is 9.69 Å². The van der Waals surface area contributed by atoms with E-state index in [1.807, 2.05) is 24.1 Å². The smallest absolute Gasteiger partial charge is 0.231 e. The molecule has 1 aromatic heterocycles. The summed E-state index contributed by atoms with van der Waals surface area (Å²) in [7, 11) is 0. The maximum Gasteiger partial charge on any atom is 0.231 e. The molecule has 4 heterocycles. The third-order valence-corrected chi connectivity index (χ3v) is 6.53. The van der Waals surface area contributed by atoms with Crippen molar-refractivity contribution in [2.45, 2.75) is 32.7 Å². The summed E-state index contributed by atoms with van der Waals surface area (Å²) in [5, 5.41) is 3.44. The van der Waals surface area contributed by atoms with Crippen LogP contribution in [0.4, 0.5) is 11.8 Å². The predicted octanol–water partition coefficient (Wildman–Crippen LogP) is 2.26. The first kappa shape index (κ1) is 21.8. The van der Waals surface area contributed by atoms with Gasteiger partial charge in [0, 0.05) is 70.5 Å². The molecule has 1 N–H and O–H groups in total. The predicted molar refractivity (Wildman–Crippen MR) is 126 cm³/mol. The van der Waals surface area contributed by atoms with Gasteiger partial charge in [-0.25, -0.2) is 4.98 Å². The van der Waals surface area contributed by atoms with Crippen LogP contribution < -0.4 is 19.7 Å². The normalized spacial score (nSPS) is 18.3. The molecule has 176 valence electrons. The molecule has 9 heteroatoms. The second kappa shape index (κ2) is 9.82. The van der Waals surface area contributed by atoms with Crippen molar-refractivity contribution in [3.05, 3.63) is 35.5 Å². The van der Waals surface area contributed by atoms with Crippen LogP contribution in [0.3, 0.4) is 0 Å². The van der Waals surface area contributed by atoms with Crippen LogP contribution in [-0.2, 0) is 11.3 Å². The largest absolute Gasteiger partial charge is 0.454 e. The first-order chi connectivity index (χ1) is 16.2. The number of hydrogen-bond donors (Lipinski definition) is 1. The van der Waals surface area contributed by atoms with Crippen molar-refractivity contribution < 1.29 is 14.3 Å². The fourth-order valence-electron chi connectivity index (χ4n) is 4.58. The zero-order chi connectivity index (χ0) is 22.6. The number of aromatic nitrogens is 2. The van der Waals surface area contributed by atoms with E-state index in [4.69, 9.17) is 14.5 Å². The van der Waals surface area contributed by atoms with Crippen LogP contribution in [0.15, 0.2) is 24.4 Å². The SMILES string of the molecule is Cc1cnc(N2CCN(Cc3ccc4c(c3)OCO4)CC2)nc1NCCCN1CCCC1=O. The van der Waals surface area contributed by atoms with Gasteiger partial charge >= 0.3 is 0 Å². The summed E-state index contributed by atoms with van der Waals surface area (Å²) in [6, 6.07) is 6.18. The average Bonchev–Trinajstić information content (AvgIpc) is 3.46. The number of benzene rings is 1. The summed E-state index contributed by atoms with van der Waals surface area (Å²) in [6.45, 7) is 9.44. The van der Waals surface area contributed by atoms with Gasteiger partial charge in [0.1, 0.15) is 5.82 Å². The van der Waals surface area contributed by atoms with E-state index in [9.17, 15) is 4.79 Å². The van der Waals surface area contributed by atoms with Gasteiger partial charge in [-0.2, -0.15) is 4.98 Å². The van der Waals surface area contributed by atoms with E-state index < -0.39 is 0 Å². The molecule has 2 saturated heterocycles. The minimum atomic E-state index is 0.285. The summed E-state index contributed by atoms with van der Waals surface area (Å²) in [5.74, 6) is 3.62. The molecule has 9 nitrogen and oxygen atoms in total. The number of nitrogens with zero attached hydrogens (tertiary/aromatic N) is 5. The van der Waals surface area contributed by atoms with Gasteiger partial charge < -0.3 is 24.6 Å². The highest BCUT2D eigenvalue weighted by atomic mass is 16.7. The van der Waals surface area contributed by atoms with E-state index in [1.54, 1.807) is 0 Å². The molecule has 0 bridgehead atoms. The number of anilines is 2. The Balaban J connectivity index is 1.11. The molecule has 1 amide bonds. The van der Waals surface area contributed by atoms with E-state index in [1.165, 1.54) is 5.56 Å². The average molecular weight is 453 g/mol. The summed E-state index contributed by atoms with van der Waals surface area (Å²) in [6.07, 6.45) is 4.51. The first-order valence-corrected chi connectivity index (χ1v) is 11.9. The van der Waals surface area contributed by atoms with Crippen LogP contribution in [0, 0.1) is 6.92 Å². The Kier molecular flexibility index (Phi) is 6.48. The number of aryl methyl sites for hydroxylation is 1. The van der Waals surface area contributed by atoms with Crippen molar-refractivity contribution in [2.24, 2.45) is 0 Å². The summed E-state index contributed by atoms with van der Waals surface area (Å²) >= 11 is 0. The van der Waals surface area contributed by atoms with Gasteiger partial charge in [-0.1, -0.05) is 6.07 Å². The maximum absolute atomic E-state index is 11.7. The van der Waals surface area contributed by atoms with Gasteiger partial charge in [0.15, 0.2) is 11.5 Å². The number of piperazine rings is 1. The zero-order valence-corrected chi connectivity index (χ0v) is 19.3. The molecule has 2 aromatic rings. The molecular weight excluding hydrogens is 420 g/mol. The molecule has 5 rings (SSSR count). The second-order valence-electron chi connectivity index (χ2n) is 8.92. The second-order valence-corrected chi connectivity index (χ2v) is 8.92. The van der Waals surface area contributed by atoms with Crippen LogP contribution >= 0.6 is 0 Å². The van der Waals surface area contributed by atoms with Gasteiger partial charge in [0.25, 0.3) is 0 Å². The van der Waals surface area contributed by atoms with Crippen LogP contribution in [-0.4, -0.2) is 78.3 Å². The monoisotopic (exact) mass is 452 g/mol. The third kappa shape index (κ3) is 5.13. The maximum atomic E-state index is 11.7. The Morgan fingerprint density at radius 3 is 2.76 bits per heavy atom. The van der Waals surface area contributed by atoms with E-state index in [-0.39, 0.29) is 5.91 Å². The minimum absolute atomic E-state index is 0.285. The lowest BCUT2D eigenvalue weighted by Gasteiger charge is -2.35. The number of ether oxygens (including phenoxy) is 2. The Hall–Kier alpha value is -3.07. The van der Waals surface area contributed by atoms with Gasteiger partial charge in [-0.15, -0.1) is 0 Å². The first-order valence-electron chi connectivity index (χ1n) is 11.9. The van der Waals surface area contributed by atoms with Crippen LogP contribution in [0.1, 0.15) is 30.4 Å². The van der Waals surface area contributed by atoms with Gasteiger partial charge in [-0.05, 0) is 37.5 Å². The molecule has 0 spiro atoms. The molecular formula is C24H32N6O3. The Morgan fingerprint density at radius 2 is 1.94 bits per heavy atom. The lowest BCUT2D eigenvalue weighted by Crippen LogP contribution is -2.46. The third-order valence-electron chi connectivity index (χ3n) is 6.53. The molecule has 3 aliphatic rings. The summed E-state index contributed by atoms with van der Waals surface area (Å²) in [4.78, 5) is 27.8. The fourth-order valence-corrected chi connectivity index (χ4v) is 4.58. The Bertz CT molecular complexity index is 992. The molecule has 0 radical (unpaired) electrons. The number of rotatable bonds is 8. The lowest BCUT2D eigenvalue weighted by atomic mass is 10.1. The number of likely N-dealkylation sites (tertiary alicyclic amines) is 1. The van der Waals surface area contributed by atoms with E-state index in [0.717, 1.165) is 94.0 Å². The summed E-state index contributed by atoms with van der Waals surface area (Å²) < 4.78 is 10.9. The van der Waals surface area contributed by atoms with Crippen LogP contribution in [0.5, 0.6) is 11.5 Å². The number of hydrogen-bond acceptors (Lipinski definition) is 8. The van der Waals surface area contributed by atoms with Gasteiger partial charge in [0.2, 0.25) is 18.6 Å². The highest BCUT2D eigenvalue weighted by Gasteiger charge is 2.22. The van der Waals surface area contributed by atoms with Crippen molar-refractivity contribution in [2.75, 3.05) is 62.8 Å². The molecule has 33 heavy (non-hydrogen) atoms. The summed E-state index contributed by atoms with van der Waals surface area (Å²) in [5.41, 5.74) is 2.28. The number of carbonyl (C=O) groups is 1. The van der Waals surface area contributed by atoms with Crippen LogP contribution in [0.25, 0.3) is 0 Å². The molecule has 1 aromatic carbocycles. The van der Waals surface area contributed by atoms with E-state index in [0.29, 0.717) is 13.2 Å². The standard InChI is InChI=1S/C24H32N6O3/c1-18-15-26-24(27-23(18)25-7-3-9-29-8-2-4-22(29)31)30-12-10-28(11-13-30)16-19-5-6-20-21(14-19)33-17-32-20/h5-6,14-15H,2-4,7-13,16-17H2,1H3,(H,25,26,27). The minimum Gasteiger partial charge on any atom is -0.454 e. The van der Waals surface area contributed by atoms with Crippen molar-refractivity contribution >= 4 is 17.7 Å². The topological polar surface area (TPSA) is 83.1 Å². The highest BCUT2D eigenvalue weighted by molar-refractivity contribution is 5.78. The van der Waals surface area contributed by atoms with Crippen molar-refractivity contribution in [3.8, 4) is 11.5 Å². The molecule has 0 aliphatic carbocycles. The Labute approximate surface area is 194 Å². The highest BCUT2D eigenvalue weighted by Crippen LogP contribution is 2.33. The van der Waals surface area contributed by atoms with Crippen molar-refractivity contribution in [1.82, 2.24) is 19.8 Å². The van der Waals surface area contributed by atoms with E-state index in [2.05, 4.69) is 32.2 Å². The van der Waals surface area contributed by atoms with E-state index >= 15 is 0 Å². The van der Waals surface area contributed by atoms with Gasteiger partial charge in [0.05, 0.1) is 0 Å². The quantitative estimate of drug-likeness (QED) is 0.611. The number of fused-ring (bicyclic) bond motifs is 1. The van der Waals surface area contributed by atoms with Crippen LogP contribution in [0.2, 0.25) is 0 Å². The number of nitrogens with one attached hydrogen (secondary N) is 1. The molecule has 0 unspecified atom stereocenters.